The van der Waals surface area contributed by atoms with Crippen molar-refractivity contribution in [3.63, 3.8) is 0 Å². The van der Waals surface area contributed by atoms with Crippen molar-refractivity contribution in [3.8, 4) is 0 Å². The van der Waals surface area contributed by atoms with Crippen molar-refractivity contribution in [2.75, 3.05) is 6.54 Å². The first kappa shape index (κ1) is 14.4. The minimum Gasteiger partial charge on any atom is -0.392 e. The van der Waals surface area contributed by atoms with Gasteiger partial charge in [0, 0.05) is 18.2 Å². The lowest BCUT2D eigenvalue weighted by Crippen LogP contribution is -2.41. The van der Waals surface area contributed by atoms with Gasteiger partial charge in [-0.25, -0.2) is 12.8 Å². The Morgan fingerprint density at radius 3 is 2.79 bits per heavy atom. The molecule has 2 rings (SSSR count). The first-order valence-electron chi connectivity index (χ1n) is 6.38. The zero-order chi connectivity index (χ0) is 14.0. The molecule has 0 spiro atoms. The van der Waals surface area contributed by atoms with Crippen molar-refractivity contribution in [3.05, 3.63) is 29.6 Å². The predicted octanol–water partition coefficient (Wildman–Crippen LogP) is 1.88. The molecular weight excluding hydrogens is 269 g/mol. The number of halogens is 1. The lowest BCUT2D eigenvalue weighted by atomic mass is 10.1. The third-order valence-corrected chi connectivity index (χ3v) is 5.55. The van der Waals surface area contributed by atoms with Gasteiger partial charge in [0.15, 0.2) is 0 Å². The summed E-state index contributed by atoms with van der Waals surface area (Å²) in [5, 5.41) is 9.02. The monoisotopic (exact) mass is 287 g/mol. The molecule has 19 heavy (non-hydrogen) atoms. The van der Waals surface area contributed by atoms with Crippen LogP contribution in [0.1, 0.15) is 31.7 Å². The van der Waals surface area contributed by atoms with Crippen LogP contribution >= 0.6 is 0 Å². The average Bonchev–Trinajstić information content (AvgIpc) is 2.39. The predicted molar refractivity (Wildman–Crippen MR) is 69.5 cm³/mol. The van der Waals surface area contributed by atoms with E-state index in [0.717, 1.165) is 25.3 Å². The van der Waals surface area contributed by atoms with Crippen molar-refractivity contribution >= 4 is 10.0 Å². The highest BCUT2D eigenvalue weighted by atomic mass is 32.2. The molecule has 1 aliphatic rings. The van der Waals surface area contributed by atoms with E-state index in [1.807, 2.05) is 6.92 Å². The SMILES string of the molecule is CC1CCCCN1S(=O)(=O)c1ccc(F)c(CO)c1. The Morgan fingerprint density at radius 2 is 2.16 bits per heavy atom. The van der Waals surface area contributed by atoms with E-state index in [-0.39, 0.29) is 16.5 Å². The zero-order valence-corrected chi connectivity index (χ0v) is 11.7. The van der Waals surface area contributed by atoms with Gasteiger partial charge in [0.25, 0.3) is 0 Å². The number of hydrogen-bond donors (Lipinski definition) is 1. The molecule has 6 heteroatoms. The van der Waals surface area contributed by atoms with E-state index in [2.05, 4.69) is 0 Å². The molecule has 1 aromatic rings. The summed E-state index contributed by atoms with van der Waals surface area (Å²) in [6.45, 7) is 1.87. The molecule has 1 unspecified atom stereocenters. The molecule has 1 heterocycles. The van der Waals surface area contributed by atoms with Crippen LogP contribution in [0.2, 0.25) is 0 Å². The van der Waals surface area contributed by atoms with Crippen molar-refractivity contribution in [1.29, 1.82) is 0 Å². The minimum atomic E-state index is -3.61. The third kappa shape index (κ3) is 2.80. The highest BCUT2D eigenvalue weighted by molar-refractivity contribution is 7.89. The molecular formula is C13H18FNO3S. The van der Waals surface area contributed by atoms with Crippen LogP contribution in [0.4, 0.5) is 4.39 Å². The average molecular weight is 287 g/mol. The second-order valence-electron chi connectivity index (χ2n) is 4.87. The van der Waals surface area contributed by atoms with Crippen LogP contribution in [0.5, 0.6) is 0 Å². The van der Waals surface area contributed by atoms with E-state index >= 15 is 0 Å². The quantitative estimate of drug-likeness (QED) is 0.923. The smallest absolute Gasteiger partial charge is 0.243 e. The fourth-order valence-electron chi connectivity index (χ4n) is 2.40. The van der Waals surface area contributed by atoms with E-state index in [0.29, 0.717) is 6.54 Å². The topological polar surface area (TPSA) is 57.6 Å². The maximum absolute atomic E-state index is 13.3. The number of piperidine rings is 1. The van der Waals surface area contributed by atoms with Gasteiger partial charge in [0.2, 0.25) is 10.0 Å². The highest BCUT2D eigenvalue weighted by Crippen LogP contribution is 2.26. The molecule has 0 aromatic heterocycles. The molecule has 106 valence electrons. The number of sulfonamides is 1. The second-order valence-corrected chi connectivity index (χ2v) is 6.76. The van der Waals surface area contributed by atoms with Gasteiger partial charge in [-0.3, -0.25) is 0 Å². The Kier molecular flexibility index (Phi) is 4.23. The number of nitrogens with zero attached hydrogens (tertiary/aromatic N) is 1. The Morgan fingerprint density at radius 1 is 1.42 bits per heavy atom. The van der Waals surface area contributed by atoms with E-state index in [4.69, 9.17) is 5.11 Å². The summed E-state index contributed by atoms with van der Waals surface area (Å²) in [4.78, 5) is 0.0479. The van der Waals surface area contributed by atoms with E-state index in [1.54, 1.807) is 0 Å². The largest absolute Gasteiger partial charge is 0.392 e. The van der Waals surface area contributed by atoms with Crippen LogP contribution in [0.25, 0.3) is 0 Å². The summed E-state index contributed by atoms with van der Waals surface area (Å²) in [5.74, 6) is -0.590. The normalized spacial score (nSPS) is 21.5. The van der Waals surface area contributed by atoms with Gasteiger partial charge >= 0.3 is 0 Å². The standard InChI is InChI=1S/C13H18FNO3S/c1-10-4-2-3-7-15(10)19(17,18)12-5-6-13(14)11(8-12)9-16/h5-6,8,10,16H,2-4,7,9H2,1H3. The third-order valence-electron chi connectivity index (χ3n) is 3.54. The van der Waals surface area contributed by atoms with Gasteiger partial charge in [0.05, 0.1) is 11.5 Å². The lowest BCUT2D eigenvalue weighted by Gasteiger charge is -2.32. The summed E-state index contributed by atoms with van der Waals surface area (Å²) in [6, 6.07) is 3.52. The van der Waals surface area contributed by atoms with Crippen molar-refractivity contribution in [2.45, 2.75) is 43.7 Å². The van der Waals surface area contributed by atoms with Crippen LogP contribution in [0, 0.1) is 5.82 Å². The fourth-order valence-corrected chi connectivity index (χ4v) is 4.15. The van der Waals surface area contributed by atoms with Crippen LogP contribution < -0.4 is 0 Å². The van der Waals surface area contributed by atoms with E-state index < -0.39 is 22.4 Å². The summed E-state index contributed by atoms with van der Waals surface area (Å²) in [5.41, 5.74) is 0.00531. The first-order valence-corrected chi connectivity index (χ1v) is 7.82. The lowest BCUT2D eigenvalue weighted by molar-refractivity contribution is 0.268. The summed E-state index contributed by atoms with van der Waals surface area (Å²) >= 11 is 0. The number of aliphatic hydroxyl groups excluding tert-OH is 1. The fraction of sp³-hybridized carbons (Fsp3) is 0.538. The van der Waals surface area contributed by atoms with Gasteiger partial charge in [0.1, 0.15) is 5.82 Å². The molecule has 1 fully saturated rings. The Bertz CT molecular complexity index is 559. The Hall–Kier alpha value is -0.980. The van der Waals surface area contributed by atoms with Crippen LogP contribution in [0.15, 0.2) is 23.1 Å². The minimum absolute atomic E-state index is 0.00531. The molecule has 0 bridgehead atoms. The number of rotatable bonds is 3. The van der Waals surface area contributed by atoms with Crippen molar-refractivity contribution < 1.29 is 17.9 Å². The summed E-state index contributed by atoms with van der Waals surface area (Å²) < 4.78 is 39.8. The van der Waals surface area contributed by atoms with Gasteiger partial charge < -0.3 is 5.11 Å². The molecule has 4 nitrogen and oxygen atoms in total. The number of aliphatic hydroxyl groups is 1. The molecule has 1 saturated heterocycles. The van der Waals surface area contributed by atoms with Crippen LogP contribution in [-0.2, 0) is 16.6 Å². The summed E-state index contributed by atoms with van der Waals surface area (Å²) in [7, 11) is -3.61. The molecule has 1 atom stereocenters. The second kappa shape index (κ2) is 5.56. The van der Waals surface area contributed by atoms with E-state index in [1.165, 1.54) is 16.4 Å². The van der Waals surface area contributed by atoms with Gasteiger partial charge in [-0.2, -0.15) is 4.31 Å². The molecule has 0 aliphatic carbocycles. The van der Waals surface area contributed by atoms with Gasteiger partial charge in [-0.1, -0.05) is 6.42 Å². The number of benzene rings is 1. The highest BCUT2D eigenvalue weighted by Gasteiger charge is 2.31. The Balaban J connectivity index is 2.38. The van der Waals surface area contributed by atoms with Gasteiger partial charge in [-0.05, 0) is 38.0 Å². The van der Waals surface area contributed by atoms with Crippen molar-refractivity contribution in [1.82, 2.24) is 4.31 Å². The van der Waals surface area contributed by atoms with Crippen molar-refractivity contribution in [2.24, 2.45) is 0 Å². The van der Waals surface area contributed by atoms with Gasteiger partial charge in [-0.15, -0.1) is 0 Å². The van der Waals surface area contributed by atoms with E-state index in [9.17, 15) is 12.8 Å². The molecule has 1 aromatic carbocycles. The maximum atomic E-state index is 13.3. The first-order chi connectivity index (χ1) is 8.96. The molecule has 0 amide bonds. The Labute approximate surface area is 112 Å². The molecule has 1 N–H and O–H groups in total. The van der Waals surface area contributed by atoms with Crippen LogP contribution in [-0.4, -0.2) is 30.4 Å². The number of hydrogen-bond acceptors (Lipinski definition) is 3. The molecule has 0 saturated carbocycles. The van der Waals surface area contributed by atoms with Crippen LogP contribution in [0.3, 0.4) is 0 Å². The maximum Gasteiger partial charge on any atom is 0.243 e. The molecule has 0 radical (unpaired) electrons. The summed E-state index contributed by atoms with van der Waals surface area (Å²) in [6.07, 6.45) is 2.71. The zero-order valence-electron chi connectivity index (χ0n) is 10.8. The molecule has 1 aliphatic heterocycles.